The summed E-state index contributed by atoms with van der Waals surface area (Å²) in [5.74, 6) is 0.303. The first kappa shape index (κ1) is 19.8. The summed E-state index contributed by atoms with van der Waals surface area (Å²) < 4.78 is 0. The van der Waals surface area contributed by atoms with Crippen LogP contribution in [0.3, 0.4) is 0 Å². The van der Waals surface area contributed by atoms with Crippen LogP contribution >= 0.6 is 24.0 Å². The number of rotatable bonds is 3. The van der Waals surface area contributed by atoms with E-state index in [9.17, 15) is 9.59 Å². The normalized spacial score (nSPS) is 21.6. The van der Waals surface area contributed by atoms with Crippen molar-refractivity contribution in [3.63, 3.8) is 0 Å². The van der Waals surface area contributed by atoms with Gasteiger partial charge < -0.3 is 16.0 Å². The van der Waals surface area contributed by atoms with E-state index in [1.165, 1.54) is 0 Å². The van der Waals surface area contributed by atoms with Crippen LogP contribution in [0.25, 0.3) is 0 Å². The van der Waals surface area contributed by atoms with E-state index in [0.717, 1.165) is 19.4 Å². The zero-order valence-corrected chi connectivity index (χ0v) is 15.8. The van der Waals surface area contributed by atoms with Crippen LogP contribution in [-0.2, 0) is 0 Å². The van der Waals surface area contributed by atoms with Crippen molar-refractivity contribution in [1.82, 2.24) is 10.2 Å². The second-order valence-electron chi connectivity index (χ2n) is 6.56. The van der Waals surface area contributed by atoms with Crippen LogP contribution in [0.4, 0.5) is 10.5 Å². The number of likely N-dealkylation sites (tertiary alicyclic amines) is 1. The van der Waals surface area contributed by atoms with Gasteiger partial charge in [-0.1, -0.05) is 11.6 Å². The number of nitrogens with zero attached hydrogens (tertiary/aromatic N) is 2. The Hall–Kier alpha value is -1.50. The topological polar surface area (TPSA) is 78.7 Å². The first-order chi connectivity index (χ1) is 11.5. The van der Waals surface area contributed by atoms with Crippen molar-refractivity contribution in [1.29, 1.82) is 0 Å². The molecule has 138 valence electrons. The summed E-state index contributed by atoms with van der Waals surface area (Å²) >= 11 is 6.23. The van der Waals surface area contributed by atoms with Crippen LogP contribution in [0.5, 0.6) is 0 Å². The number of piperidine rings is 1. The van der Waals surface area contributed by atoms with Crippen LogP contribution in [0, 0.1) is 5.92 Å². The Morgan fingerprint density at radius 3 is 2.80 bits per heavy atom. The van der Waals surface area contributed by atoms with Crippen molar-refractivity contribution in [2.45, 2.75) is 25.8 Å². The third-order valence-electron chi connectivity index (χ3n) is 4.83. The van der Waals surface area contributed by atoms with Crippen LogP contribution < -0.4 is 16.0 Å². The van der Waals surface area contributed by atoms with Gasteiger partial charge in [-0.15, -0.1) is 12.4 Å². The molecular weight excluding hydrogens is 363 g/mol. The molecule has 0 aromatic heterocycles. The minimum atomic E-state index is -0.184. The Bertz CT molecular complexity index is 654. The molecule has 3 N–H and O–H groups in total. The number of nitrogens with one attached hydrogen (secondary N) is 1. The summed E-state index contributed by atoms with van der Waals surface area (Å²) in [6.07, 6.45) is 2.02. The van der Waals surface area contributed by atoms with Crippen molar-refractivity contribution >= 4 is 41.6 Å². The molecule has 2 saturated heterocycles. The van der Waals surface area contributed by atoms with E-state index < -0.39 is 0 Å². The smallest absolute Gasteiger partial charge is 0.322 e. The fourth-order valence-electron chi connectivity index (χ4n) is 3.36. The predicted octanol–water partition coefficient (Wildman–Crippen LogP) is 2.49. The monoisotopic (exact) mass is 386 g/mol. The molecule has 25 heavy (non-hydrogen) atoms. The lowest BCUT2D eigenvalue weighted by molar-refractivity contribution is 0.0661. The minimum absolute atomic E-state index is 0. The summed E-state index contributed by atoms with van der Waals surface area (Å²) in [6, 6.07) is 5.01. The molecule has 6 nitrogen and oxygen atoms in total. The van der Waals surface area contributed by atoms with Crippen LogP contribution in [-0.4, -0.2) is 49.1 Å². The molecule has 2 atom stereocenters. The number of amides is 3. The van der Waals surface area contributed by atoms with E-state index in [0.29, 0.717) is 41.8 Å². The van der Waals surface area contributed by atoms with Gasteiger partial charge in [-0.3, -0.25) is 9.69 Å². The highest BCUT2D eigenvalue weighted by Gasteiger charge is 2.28. The molecule has 3 amide bonds. The van der Waals surface area contributed by atoms with Crippen LogP contribution in [0.2, 0.25) is 5.02 Å². The molecule has 2 aliphatic rings. The lowest BCUT2D eigenvalue weighted by Gasteiger charge is -2.34. The Morgan fingerprint density at radius 2 is 2.16 bits per heavy atom. The van der Waals surface area contributed by atoms with E-state index in [2.05, 4.69) is 5.32 Å². The molecule has 0 aliphatic carbocycles. The summed E-state index contributed by atoms with van der Waals surface area (Å²) in [5, 5.41) is 3.21. The van der Waals surface area contributed by atoms with E-state index in [1.54, 1.807) is 23.1 Å². The summed E-state index contributed by atoms with van der Waals surface area (Å²) in [6.45, 7) is 4.54. The number of benzene rings is 1. The lowest BCUT2D eigenvalue weighted by Crippen LogP contribution is -2.45. The van der Waals surface area contributed by atoms with Gasteiger partial charge in [-0.2, -0.15) is 0 Å². The molecule has 2 fully saturated rings. The molecule has 1 aromatic carbocycles. The molecule has 0 saturated carbocycles. The fraction of sp³-hybridized carbons (Fsp3) is 0.529. The number of hydrogen-bond donors (Lipinski definition) is 2. The number of halogens is 2. The van der Waals surface area contributed by atoms with Crippen molar-refractivity contribution in [3.8, 4) is 0 Å². The van der Waals surface area contributed by atoms with Gasteiger partial charge in [-0.25, -0.2) is 4.79 Å². The van der Waals surface area contributed by atoms with E-state index in [4.69, 9.17) is 17.3 Å². The number of carbonyl (C=O) groups excluding carboxylic acids is 2. The Labute approximate surface area is 159 Å². The number of nitrogens with two attached hydrogens (primary N) is 1. The van der Waals surface area contributed by atoms with Crippen molar-refractivity contribution in [2.75, 3.05) is 31.1 Å². The predicted molar refractivity (Wildman–Crippen MR) is 102 cm³/mol. The van der Waals surface area contributed by atoms with Crippen LogP contribution in [0.15, 0.2) is 18.2 Å². The van der Waals surface area contributed by atoms with Gasteiger partial charge in [0.15, 0.2) is 0 Å². The molecule has 2 heterocycles. The lowest BCUT2D eigenvalue weighted by atomic mass is 9.92. The minimum Gasteiger partial charge on any atom is -0.338 e. The zero-order chi connectivity index (χ0) is 17.3. The third-order valence-corrected chi connectivity index (χ3v) is 5.15. The molecule has 0 bridgehead atoms. The van der Waals surface area contributed by atoms with Gasteiger partial charge in [0.05, 0.1) is 10.7 Å². The largest absolute Gasteiger partial charge is 0.338 e. The number of hydrogen-bond acceptors (Lipinski definition) is 3. The SMILES string of the molecule is CC(N)C1CCCN(C(=O)c2ccc(Cl)c(N3CCNC3=O)c2)C1.Cl. The standard InChI is InChI=1S/C17H23ClN4O2.ClH/c1-11(19)13-3-2-7-21(10-13)16(23)12-4-5-14(18)15(9-12)22-8-6-20-17(22)24;/h4-5,9,11,13H,2-3,6-8,10,19H2,1H3,(H,20,24);1H. The van der Waals surface area contributed by atoms with E-state index >= 15 is 0 Å². The highest BCUT2D eigenvalue weighted by Crippen LogP contribution is 2.29. The van der Waals surface area contributed by atoms with E-state index in [-0.39, 0.29) is 30.4 Å². The summed E-state index contributed by atoms with van der Waals surface area (Å²) in [5.41, 5.74) is 7.14. The van der Waals surface area contributed by atoms with Crippen molar-refractivity contribution in [2.24, 2.45) is 11.7 Å². The molecule has 8 heteroatoms. The quantitative estimate of drug-likeness (QED) is 0.837. The van der Waals surface area contributed by atoms with Gasteiger partial charge in [0.1, 0.15) is 0 Å². The highest BCUT2D eigenvalue weighted by atomic mass is 35.5. The summed E-state index contributed by atoms with van der Waals surface area (Å²) in [7, 11) is 0. The van der Waals surface area contributed by atoms with Gasteiger partial charge in [0.2, 0.25) is 0 Å². The molecule has 0 radical (unpaired) electrons. The first-order valence-electron chi connectivity index (χ1n) is 8.37. The van der Waals surface area contributed by atoms with E-state index in [1.807, 2.05) is 11.8 Å². The van der Waals surface area contributed by atoms with Gasteiger partial charge in [0, 0.05) is 37.8 Å². The van der Waals surface area contributed by atoms with Gasteiger partial charge >= 0.3 is 6.03 Å². The molecule has 2 unspecified atom stereocenters. The number of urea groups is 1. The molecule has 2 aliphatic heterocycles. The van der Waals surface area contributed by atoms with Crippen molar-refractivity contribution in [3.05, 3.63) is 28.8 Å². The fourth-order valence-corrected chi connectivity index (χ4v) is 3.58. The maximum Gasteiger partial charge on any atom is 0.322 e. The van der Waals surface area contributed by atoms with Crippen LogP contribution in [0.1, 0.15) is 30.1 Å². The first-order valence-corrected chi connectivity index (χ1v) is 8.75. The van der Waals surface area contributed by atoms with Crippen molar-refractivity contribution < 1.29 is 9.59 Å². The van der Waals surface area contributed by atoms with Gasteiger partial charge in [-0.05, 0) is 43.9 Å². The Kier molecular flexibility index (Phi) is 6.54. The Morgan fingerprint density at radius 1 is 1.40 bits per heavy atom. The molecular formula is C17H24Cl2N4O2. The number of carbonyl (C=O) groups is 2. The molecule has 3 rings (SSSR count). The average Bonchev–Trinajstić information content (AvgIpc) is 3.00. The Balaban J connectivity index is 0.00000225. The molecule has 0 spiro atoms. The second-order valence-corrected chi connectivity index (χ2v) is 6.97. The highest BCUT2D eigenvalue weighted by molar-refractivity contribution is 6.34. The zero-order valence-electron chi connectivity index (χ0n) is 14.2. The molecule has 1 aromatic rings. The third kappa shape index (κ3) is 4.19. The maximum atomic E-state index is 12.9. The maximum absolute atomic E-state index is 12.9. The van der Waals surface area contributed by atoms with Gasteiger partial charge in [0.25, 0.3) is 5.91 Å². The number of anilines is 1. The second kappa shape index (κ2) is 8.25. The average molecular weight is 387 g/mol. The summed E-state index contributed by atoms with van der Waals surface area (Å²) in [4.78, 5) is 28.2.